The molecule has 6 heteroatoms. The first-order valence-corrected chi connectivity index (χ1v) is 7.36. The van der Waals surface area contributed by atoms with Crippen LogP contribution in [0.2, 0.25) is 0 Å². The zero-order chi connectivity index (χ0) is 14.9. The van der Waals surface area contributed by atoms with Gasteiger partial charge < -0.3 is 0 Å². The van der Waals surface area contributed by atoms with Gasteiger partial charge in [0.15, 0.2) is 5.13 Å². The van der Waals surface area contributed by atoms with E-state index in [2.05, 4.69) is 43.7 Å². The van der Waals surface area contributed by atoms with Crippen molar-refractivity contribution >= 4 is 35.0 Å². The molecule has 0 aliphatic carbocycles. The van der Waals surface area contributed by atoms with Gasteiger partial charge in [0, 0.05) is 21.3 Å². The molecule has 1 amide bonds. The van der Waals surface area contributed by atoms with E-state index in [-0.39, 0.29) is 16.2 Å². The summed E-state index contributed by atoms with van der Waals surface area (Å²) in [5.41, 5.74) is 1.21. The van der Waals surface area contributed by atoms with Gasteiger partial charge in [-0.1, -0.05) is 20.8 Å². The molecule has 0 spiro atoms. The van der Waals surface area contributed by atoms with Crippen molar-refractivity contribution < 1.29 is 9.18 Å². The molecule has 0 saturated carbocycles. The summed E-state index contributed by atoms with van der Waals surface area (Å²) < 4.78 is 13.1. The Hall–Kier alpha value is -1.40. The van der Waals surface area contributed by atoms with Crippen LogP contribution in [-0.4, -0.2) is 10.9 Å². The summed E-state index contributed by atoms with van der Waals surface area (Å²) in [6.45, 7) is 6.17. The largest absolute Gasteiger partial charge is 0.298 e. The van der Waals surface area contributed by atoms with Crippen LogP contribution in [0.25, 0.3) is 0 Å². The van der Waals surface area contributed by atoms with E-state index in [1.165, 1.54) is 29.5 Å². The van der Waals surface area contributed by atoms with Crippen LogP contribution in [0.4, 0.5) is 9.52 Å². The van der Waals surface area contributed by atoms with E-state index < -0.39 is 5.82 Å². The van der Waals surface area contributed by atoms with Crippen molar-refractivity contribution in [1.29, 1.82) is 0 Å². The summed E-state index contributed by atoms with van der Waals surface area (Å²) in [6.07, 6.45) is 0. The van der Waals surface area contributed by atoms with Gasteiger partial charge in [0.2, 0.25) is 0 Å². The van der Waals surface area contributed by atoms with E-state index in [9.17, 15) is 9.18 Å². The number of thiol groups is 1. The Bertz CT molecular complexity index is 647. The summed E-state index contributed by atoms with van der Waals surface area (Å²) in [4.78, 5) is 16.6. The van der Waals surface area contributed by atoms with Gasteiger partial charge in [0.1, 0.15) is 5.82 Å². The van der Waals surface area contributed by atoms with Crippen LogP contribution >= 0.6 is 24.0 Å². The van der Waals surface area contributed by atoms with Crippen molar-refractivity contribution in [1.82, 2.24) is 4.98 Å². The predicted octanol–water partition coefficient (Wildman–Crippen LogP) is 4.12. The smallest absolute Gasteiger partial charge is 0.257 e. The van der Waals surface area contributed by atoms with E-state index in [0.717, 1.165) is 5.69 Å². The van der Waals surface area contributed by atoms with E-state index in [4.69, 9.17) is 0 Å². The monoisotopic (exact) mass is 310 g/mol. The van der Waals surface area contributed by atoms with E-state index >= 15 is 0 Å². The summed E-state index contributed by atoms with van der Waals surface area (Å²) in [7, 11) is 0. The number of thiazole rings is 1. The zero-order valence-corrected chi connectivity index (χ0v) is 13.1. The molecule has 0 saturated heterocycles. The second-order valence-electron chi connectivity index (χ2n) is 5.41. The van der Waals surface area contributed by atoms with Crippen LogP contribution in [-0.2, 0) is 5.41 Å². The highest BCUT2D eigenvalue weighted by Crippen LogP contribution is 2.26. The van der Waals surface area contributed by atoms with E-state index in [1.54, 1.807) is 0 Å². The number of hydrogen-bond donors (Lipinski definition) is 2. The molecule has 0 atom stereocenters. The zero-order valence-electron chi connectivity index (χ0n) is 11.4. The van der Waals surface area contributed by atoms with Crippen molar-refractivity contribution in [3.05, 3.63) is 40.7 Å². The molecule has 2 aromatic rings. The maximum absolute atomic E-state index is 13.1. The van der Waals surface area contributed by atoms with Crippen molar-refractivity contribution in [3.8, 4) is 0 Å². The number of carbonyl (C=O) groups is 1. The summed E-state index contributed by atoms with van der Waals surface area (Å²) in [5.74, 6) is -0.774. The number of aromatic nitrogens is 1. The predicted molar refractivity (Wildman–Crippen MR) is 82.4 cm³/mol. The van der Waals surface area contributed by atoms with Crippen LogP contribution in [0.5, 0.6) is 0 Å². The molecule has 0 fully saturated rings. The Kier molecular flexibility index (Phi) is 4.15. The maximum Gasteiger partial charge on any atom is 0.257 e. The highest BCUT2D eigenvalue weighted by Gasteiger charge is 2.18. The molecule has 1 heterocycles. The SMILES string of the molecule is CC(C)(C)c1csc(NC(=O)c2ccc(F)c(S)c2)n1. The molecule has 0 unspecified atom stereocenters. The van der Waals surface area contributed by atoms with Gasteiger partial charge in [-0.3, -0.25) is 10.1 Å². The Labute approximate surface area is 126 Å². The number of anilines is 1. The highest BCUT2D eigenvalue weighted by molar-refractivity contribution is 7.80. The van der Waals surface area contributed by atoms with Gasteiger partial charge in [0.05, 0.1) is 5.69 Å². The number of nitrogens with zero attached hydrogens (tertiary/aromatic N) is 1. The molecule has 1 aromatic carbocycles. The molecule has 106 valence electrons. The quantitative estimate of drug-likeness (QED) is 0.819. The molecular weight excluding hydrogens is 295 g/mol. The topological polar surface area (TPSA) is 42.0 Å². The molecular formula is C14H15FN2OS2. The number of amides is 1. The normalized spacial score (nSPS) is 11.4. The lowest BCUT2D eigenvalue weighted by atomic mass is 9.93. The fourth-order valence-electron chi connectivity index (χ4n) is 1.50. The molecule has 1 N–H and O–H groups in total. The second-order valence-corrected chi connectivity index (χ2v) is 6.75. The Balaban J connectivity index is 2.15. The van der Waals surface area contributed by atoms with Crippen LogP contribution in [0, 0.1) is 5.82 Å². The summed E-state index contributed by atoms with van der Waals surface area (Å²) in [5, 5.41) is 5.16. The standard InChI is InChI=1S/C14H15FN2OS2/c1-14(2,3)11-7-20-13(16-11)17-12(18)8-4-5-9(15)10(19)6-8/h4-7,19H,1-3H3,(H,16,17,18). The molecule has 0 bridgehead atoms. The average molecular weight is 310 g/mol. The first-order valence-electron chi connectivity index (χ1n) is 6.03. The Morgan fingerprint density at radius 2 is 2.10 bits per heavy atom. The van der Waals surface area contributed by atoms with Crippen molar-refractivity contribution in [2.45, 2.75) is 31.1 Å². The molecule has 1 aromatic heterocycles. The van der Waals surface area contributed by atoms with E-state index in [1.807, 2.05) is 5.38 Å². The lowest BCUT2D eigenvalue weighted by molar-refractivity contribution is 0.102. The molecule has 2 rings (SSSR count). The molecule has 0 radical (unpaired) electrons. The molecule has 0 aliphatic heterocycles. The summed E-state index contributed by atoms with van der Waals surface area (Å²) >= 11 is 5.33. The first-order chi connectivity index (χ1) is 9.27. The number of hydrogen-bond acceptors (Lipinski definition) is 4. The van der Waals surface area contributed by atoms with Gasteiger partial charge in [-0.2, -0.15) is 0 Å². The van der Waals surface area contributed by atoms with Crippen molar-refractivity contribution in [2.75, 3.05) is 5.32 Å². The Morgan fingerprint density at radius 3 is 2.65 bits per heavy atom. The number of halogens is 1. The first kappa shape index (κ1) is 15.0. The van der Waals surface area contributed by atoms with Crippen molar-refractivity contribution in [3.63, 3.8) is 0 Å². The van der Waals surface area contributed by atoms with Crippen LogP contribution in [0.1, 0.15) is 36.8 Å². The minimum Gasteiger partial charge on any atom is -0.298 e. The fraction of sp³-hybridized carbons (Fsp3) is 0.286. The van der Waals surface area contributed by atoms with Gasteiger partial charge in [-0.05, 0) is 18.2 Å². The van der Waals surface area contributed by atoms with Gasteiger partial charge in [-0.15, -0.1) is 24.0 Å². The molecule has 3 nitrogen and oxygen atoms in total. The number of nitrogens with one attached hydrogen (secondary N) is 1. The molecule has 0 aliphatic rings. The van der Waals surface area contributed by atoms with Gasteiger partial charge in [0.25, 0.3) is 5.91 Å². The lowest BCUT2D eigenvalue weighted by Crippen LogP contribution is -2.14. The maximum atomic E-state index is 13.1. The highest BCUT2D eigenvalue weighted by atomic mass is 32.1. The second kappa shape index (κ2) is 5.54. The van der Waals surface area contributed by atoms with Crippen LogP contribution in [0.3, 0.4) is 0 Å². The third-order valence-corrected chi connectivity index (χ3v) is 3.80. The fourth-order valence-corrected chi connectivity index (χ4v) is 2.64. The van der Waals surface area contributed by atoms with Crippen LogP contribution in [0.15, 0.2) is 28.5 Å². The minimum atomic E-state index is -0.450. The van der Waals surface area contributed by atoms with Crippen molar-refractivity contribution in [2.24, 2.45) is 0 Å². The summed E-state index contributed by atoms with van der Waals surface area (Å²) in [6, 6.07) is 4.04. The number of carbonyl (C=O) groups excluding carboxylic acids is 1. The van der Waals surface area contributed by atoms with Gasteiger partial charge in [-0.25, -0.2) is 9.37 Å². The molecule has 20 heavy (non-hydrogen) atoms. The third-order valence-electron chi connectivity index (χ3n) is 2.70. The van der Waals surface area contributed by atoms with Crippen LogP contribution < -0.4 is 5.32 Å². The van der Waals surface area contributed by atoms with E-state index in [0.29, 0.717) is 10.7 Å². The number of rotatable bonds is 2. The Morgan fingerprint density at radius 1 is 1.40 bits per heavy atom. The van der Waals surface area contributed by atoms with Gasteiger partial charge >= 0.3 is 0 Å². The third kappa shape index (κ3) is 3.37. The minimum absolute atomic E-state index is 0.0619. The average Bonchev–Trinajstić information content (AvgIpc) is 2.81. The lowest BCUT2D eigenvalue weighted by Gasteiger charge is -2.14. The number of benzene rings is 1.